The summed E-state index contributed by atoms with van der Waals surface area (Å²) in [7, 11) is 0. The van der Waals surface area contributed by atoms with Crippen LogP contribution in [-0.4, -0.2) is 46.3 Å². The van der Waals surface area contributed by atoms with Gasteiger partial charge in [0, 0.05) is 18.0 Å². The lowest BCUT2D eigenvalue weighted by molar-refractivity contribution is -0.915. The molecule has 1 N–H and O–H groups in total. The van der Waals surface area contributed by atoms with E-state index in [1.807, 2.05) is 6.07 Å². The molecule has 7 heteroatoms. The first-order chi connectivity index (χ1) is 12.8. The van der Waals surface area contributed by atoms with Crippen LogP contribution in [0.5, 0.6) is 0 Å². The number of hydrogen-bond donors (Lipinski definition) is 1. The maximum absolute atomic E-state index is 5.47. The summed E-state index contributed by atoms with van der Waals surface area (Å²) in [4.78, 5) is 16.9. The molecule has 0 unspecified atom stereocenters. The highest BCUT2D eigenvalue weighted by Gasteiger charge is 2.23. The van der Waals surface area contributed by atoms with Crippen LogP contribution in [0.25, 0.3) is 11.4 Å². The van der Waals surface area contributed by atoms with E-state index >= 15 is 0 Å². The minimum atomic E-state index is 0.665. The maximum Gasteiger partial charge on any atom is 0.282 e. The third kappa shape index (κ3) is 3.72. The second-order valence-electron chi connectivity index (χ2n) is 6.52. The number of nitrogens with one attached hydrogen (secondary N) is 1. The Morgan fingerprint density at radius 3 is 2.50 bits per heavy atom. The fraction of sp³-hybridized carbons (Fsp3) is 0.368. The van der Waals surface area contributed by atoms with Gasteiger partial charge < -0.3 is 14.3 Å². The van der Waals surface area contributed by atoms with Crippen molar-refractivity contribution in [2.24, 2.45) is 0 Å². The van der Waals surface area contributed by atoms with E-state index in [-0.39, 0.29) is 0 Å². The van der Waals surface area contributed by atoms with Gasteiger partial charge in [-0.05, 0) is 18.1 Å². The van der Waals surface area contributed by atoms with E-state index in [1.54, 1.807) is 12.4 Å². The van der Waals surface area contributed by atoms with Crippen molar-refractivity contribution >= 4 is 5.95 Å². The molecule has 0 amide bonds. The highest BCUT2D eigenvalue weighted by Crippen LogP contribution is 2.16. The number of piperazine rings is 1. The summed E-state index contributed by atoms with van der Waals surface area (Å²) in [6.07, 6.45) is 4.60. The van der Waals surface area contributed by atoms with Gasteiger partial charge in [0.2, 0.25) is 11.8 Å². The van der Waals surface area contributed by atoms with Gasteiger partial charge in [-0.2, -0.15) is 4.98 Å². The monoisotopic (exact) mass is 351 g/mol. The molecular formula is C19H23N6O+. The second-order valence-corrected chi connectivity index (χ2v) is 6.52. The van der Waals surface area contributed by atoms with Gasteiger partial charge >= 0.3 is 0 Å². The van der Waals surface area contributed by atoms with Crippen molar-refractivity contribution in [3.05, 3.63) is 54.2 Å². The van der Waals surface area contributed by atoms with Gasteiger partial charge in [-0.25, -0.2) is 9.97 Å². The number of nitrogens with zero attached hydrogens (tertiary/aromatic N) is 5. The van der Waals surface area contributed by atoms with E-state index in [9.17, 15) is 0 Å². The molecule has 0 saturated carbocycles. The molecule has 134 valence electrons. The summed E-state index contributed by atoms with van der Waals surface area (Å²) in [5.74, 6) is 2.17. The number of aryl methyl sites for hydroxylation is 1. The highest BCUT2D eigenvalue weighted by atomic mass is 16.5. The summed E-state index contributed by atoms with van der Waals surface area (Å²) in [6.45, 7) is 6.76. The molecule has 3 aromatic rings. The van der Waals surface area contributed by atoms with Crippen molar-refractivity contribution in [1.82, 2.24) is 20.1 Å². The molecule has 1 aliphatic heterocycles. The average Bonchev–Trinajstić information content (AvgIpc) is 3.18. The Morgan fingerprint density at radius 2 is 1.81 bits per heavy atom. The average molecular weight is 351 g/mol. The van der Waals surface area contributed by atoms with Crippen molar-refractivity contribution in [2.45, 2.75) is 19.9 Å². The number of hydrogen-bond acceptors (Lipinski definition) is 6. The molecule has 0 bridgehead atoms. The standard InChI is InChI=1S/C19H22N6O/c1-2-15-4-6-16(7-5-15)18-22-17(26-23-18)14-24-10-12-25(13-11-24)19-20-8-3-9-21-19/h3-9H,2,10-14H2,1H3/p+1. The summed E-state index contributed by atoms with van der Waals surface area (Å²) in [6, 6.07) is 10.2. The molecule has 26 heavy (non-hydrogen) atoms. The number of benzene rings is 1. The van der Waals surface area contributed by atoms with Crippen molar-refractivity contribution in [3.8, 4) is 11.4 Å². The van der Waals surface area contributed by atoms with Crippen LogP contribution < -0.4 is 9.80 Å². The SMILES string of the molecule is CCc1ccc(-c2noc(C[NH+]3CCN(c4ncccn4)CC3)n2)cc1. The predicted octanol–water partition coefficient (Wildman–Crippen LogP) is 0.994. The van der Waals surface area contributed by atoms with Crippen LogP contribution in [-0.2, 0) is 13.0 Å². The Bertz CT molecular complexity index is 825. The number of rotatable bonds is 5. The normalized spacial score (nSPS) is 15.3. The van der Waals surface area contributed by atoms with E-state index in [0.29, 0.717) is 11.7 Å². The zero-order chi connectivity index (χ0) is 17.8. The van der Waals surface area contributed by atoms with Crippen molar-refractivity contribution < 1.29 is 9.42 Å². The minimum Gasteiger partial charge on any atom is -0.333 e. The fourth-order valence-corrected chi connectivity index (χ4v) is 3.20. The molecular weight excluding hydrogens is 328 g/mol. The topological polar surface area (TPSA) is 72.4 Å². The maximum atomic E-state index is 5.47. The summed E-state index contributed by atoms with van der Waals surface area (Å²) in [5, 5.41) is 4.14. The Hall–Kier alpha value is -2.80. The first-order valence-electron chi connectivity index (χ1n) is 9.09. The van der Waals surface area contributed by atoms with Gasteiger partial charge in [-0.1, -0.05) is 36.3 Å². The van der Waals surface area contributed by atoms with E-state index < -0.39 is 0 Å². The van der Waals surface area contributed by atoms with E-state index in [2.05, 4.69) is 56.2 Å². The van der Waals surface area contributed by atoms with Gasteiger partial charge in [0.1, 0.15) is 0 Å². The zero-order valence-electron chi connectivity index (χ0n) is 14.9. The largest absolute Gasteiger partial charge is 0.333 e. The Kier molecular flexibility index (Phi) is 4.88. The van der Waals surface area contributed by atoms with E-state index in [4.69, 9.17) is 4.52 Å². The van der Waals surface area contributed by atoms with Crippen LogP contribution in [0.2, 0.25) is 0 Å². The van der Waals surface area contributed by atoms with Crippen LogP contribution in [0.1, 0.15) is 18.4 Å². The van der Waals surface area contributed by atoms with Gasteiger partial charge in [0.15, 0.2) is 6.54 Å². The van der Waals surface area contributed by atoms with Crippen molar-refractivity contribution in [2.75, 3.05) is 31.1 Å². The summed E-state index contributed by atoms with van der Waals surface area (Å²) < 4.78 is 5.47. The summed E-state index contributed by atoms with van der Waals surface area (Å²) in [5.41, 5.74) is 2.31. The van der Waals surface area contributed by atoms with E-state index in [0.717, 1.165) is 50.7 Å². The smallest absolute Gasteiger partial charge is 0.282 e. The van der Waals surface area contributed by atoms with Crippen molar-refractivity contribution in [3.63, 3.8) is 0 Å². The van der Waals surface area contributed by atoms with Gasteiger partial charge in [-0.3, -0.25) is 0 Å². The minimum absolute atomic E-state index is 0.665. The molecule has 0 atom stereocenters. The molecule has 1 fully saturated rings. The molecule has 3 heterocycles. The lowest BCUT2D eigenvalue weighted by atomic mass is 10.1. The zero-order valence-corrected chi connectivity index (χ0v) is 14.9. The van der Waals surface area contributed by atoms with Gasteiger partial charge in [0.05, 0.1) is 26.2 Å². The molecule has 2 aromatic heterocycles. The number of aromatic nitrogens is 4. The van der Waals surface area contributed by atoms with Crippen LogP contribution in [0.4, 0.5) is 5.95 Å². The van der Waals surface area contributed by atoms with Crippen LogP contribution in [0, 0.1) is 0 Å². The molecule has 0 aliphatic carbocycles. The first kappa shape index (κ1) is 16.7. The molecule has 0 radical (unpaired) electrons. The Balaban J connectivity index is 1.35. The van der Waals surface area contributed by atoms with E-state index in [1.165, 1.54) is 10.5 Å². The summed E-state index contributed by atoms with van der Waals surface area (Å²) >= 11 is 0. The predicted molar refractivity (Wildman–Crippen MR) is 97.8 cm³/mol. The van der Waals surface area contributed by atoms with Crippen LogP contribution in [0.15, 0.2) is 47.2 Å². The Morgan fingerprint density at radius 1 is 1.08 bits per heavy atom. The molecule has 7 nitrogen and oxygen atoms in total. The van der Waals surface area contributed by atoms with Crippen LogP contribution in [0.3, 0.4) is 0 Å². The number of anilines is 1. The lowest BCUT2D eigenvalue weighted by Gasteiger charge is -2.31. The second kappa shape index (κ2) is 7.61. The molecule has 1 aliphatic rings. The Labute approximate surface area is 152 Å². The molecule has 4 rings (SSSR count). The molecule has 0 spiro atoms. The third-order valence-electron chi connectivity index (χ3n) is 4.80. The molecule has 1 saturated heterocycles. The van der Waals surface area contributed by atoms with Gasteiger partial charge in [0.25, 0.3) is 5.89 Å². The highest BCUT2D eigenvalue weighted by molar-refractivity contribution is 5.54. The van der Waals surface area contributed by atoms with Crippen molar-refractivity contribution in [1.29, 1.82) is 0 Å². The molecule has 1 aromatic carbocycles. The van der Waals surface area contributed by atoms with Crippen LogP contribution >= 0.6 is 0 Å². The fourth-order valence-electron chi connectivity index (χ4n) is 3.20. The lowest BCUT2D eigenvalue weighted by Crippen LogP contribution is -3.13. The van der Waals surface area contributed by atoms with Gasteiger partial charge in [-0.15, -0.1) is 0 Å². The first-order valence-corrected chi connectivity index (χ1v) is 9.09. The quantitative estimate of drug-likeness (QED) is 0.739. The third-order valence-corrected chi connectivity index (χ3v) is 4.80. The number of quaternary nitrogens is 1.